The Labute approximate surface area is 124 Å². The van der Waals surface area contributed by atoms with E-state index in [1.165, 1.54) is 0 Å². The molecule has 1 fully saturated rings. The highest BCUT2D eigenvalue weighted by atomic mass is 16.6. The monoisotopic (exact) mass is 297 g/mol. The van der Waals surface area contributed by atoms with Crippen LogP contribution in [0, 0.1) is 0 Å². The Morgan fingerprint density at radius 1 is 1.52 bits per heavy atom. The molecular weight excluding hydrogens is 274 g/mol. The van der Waals surface area contributed by atoms with E-state index in [1.54, 1.807) is 20.8 Å². The molecule has 7 heteroatoms. The van der Waals surface area contributed by atoms with Gasteiger partial charge in [-0.25, -0.2) is 4.79 Å². The van der Waals surface area contributed by atoms with Crippen LogP contribution in [0.3, 0.4) is 0 Å². The normalized spacial score (nSPS) is 18.1. The molecular formula is C14H23N3O4. The smallest absolute Gasteiger partial charge is 0.407 e. The average Bonchev–Trinajstić information content (AvgIpc) is 3.11. The molecule has 0 spiro atoms. The van der Waals surface area contributed by atoms with Crippen LogP contribution in [0.2, 0.25) is 0 Å². The minimum Gasteiger partial charge on any atom is -0.444 e. The Kier molecular flexibility index (Phi) is 4.51. The van der Waals surface area contributed by atoms with Gasteiger partial charge in [0.2, 0.25) is 0 Å². The number of carbonyl (C=O) groups is 1. The molecule has 1 amide bonds. The highest BCUT2D eigenvalue weighted by molar-refractivity contribution is 5.68. The number of amides is 1. The van der Waals surface area contributed by atoms with Crippen LogP contribution in [-0.4, -0.2) is 33.0 Å². The van der Waals surface area contributed by atoms with E-state index in [9.17, 15) is 9.90 Å². The molecule has 1 aromatic rings. The highest BCUT2D eigenvalue weighted by Gasteiger charge is 2.32. The molecule has 7 nitrogen and oxygen atoms in total. The second-order valence-electron chi connectivity index (χ2n) is 6.37. The first-order chi connectivity index (χ1) is 9.80. The number of aliphatic hydroxyl groups excluding tert-OH is 1. The average molecular weight is 297 g/mol. The van der Waals surface area contributed by atoms with Gasteiger partial charge in [0.1, 0.15) is 5.60 Å². The number of aliphatic hydroxyl groups is 1. The van der Waals surface area contributed by atoms with E-state index in [1.807, 2.05) is 6.92 Å². The van der Waals surface area contributed by atoms with Gasteiger partial charge in [0.15, 0.2) is 11.9 Å². The molecule has 1 unspecified atom stereocenters. The number of hydrogen-bond donors (Lipinski definition) is 2. The number of ether oxygens (including phenoxy) is 1. The summed E-state index contributed by atoms with van der Waals surface area (Å²) in [7, 11) is 0. The zero-order chi connectivity index (χ0) is 15.6. The van der Waals surface area contributed by atoms with Gasteiger partial charge in [0, 0.05) is 5.92 Å². The Balaban J connectivity index is 1.96. The second kappa shape index (κ2) is 6.01. The number of carbonyl (C=O) groups excluding carboxylic acids is 1. The number of nitrogens with one attached hydrogen (secondary N) is 1. The maximum Gasteiger partial charge on any atom is 0.407 e. The van der Waals surface area contributed by atoms with Crippen LogP contribution in [0.5, 0.6) is 0 Å². The van der Waals surface area contributed by atoms with Crippen LogP contribution in [0.25, 0.3) is 0 Å². The largest absolute Gasteiger partial charge is 0.444 e. The van der Waals surface area contributed by atoms with Crippen molar-refractivity contribution >= 4 is 6.09 Å². The van der Waals surface area contributed by atoms with Crippen LogP contribution in [0.15, 0.2) is 4.52 Å². The zero-order valence-corrected chi connectivity index (χ0v) is 12.9. The first kappa shape index (κ1) is 15.8. The van der Waals surface area contributed by atoms with Crippen molar-refractivity contribution in [1.29, 1.82) is 0 Å². The minimum atomic E-state index is -1.04. The van der Waals surface area contributed by atoms with Gasteiger partial charge in [-0.2, -0.15) is 4.98 Å². The van der Waals surface area contributed by atoms with Crippen molar-refractivity contribution in [2.24, 2.45) is 0 Å². The maximum absolute atomic E-state index is 11.8. The summed E-state index contributed by atoms with van der Waals surface area (Å²) < 4.78 is 10.3. The van der Waals surface area contributed by atoms with Crippen LogP contribution >= 0.6 is 0 Å². The van der Waals surface area contributed by atoms with E-state index in [0.29, 0.717) is 18.2 Å². The third-order valence-corrected chi connectivity index (χ3v) is 3.18. The summed E-state index contributed by atoms with van der Waals surface area (Å²) >= 11 is 0. The molecule has 2 atom stereocenters. The fourth-order valence-electron chi connectivity index (χ4n) is 1.91. The molecule has 0 aromatic carbocycles. The van der Waals surface area contributed by atoms with Gasteiger partial charge in [-0.05, 0) is 40.0 Å². The molecule has 21 heavy (non-hydrogen) atoms. The summed E-state index contributed by atoms with van der Waals surface area (Å²) in [5, 5.41) is 16.8. The van der Waals surface area contributed by atoms with E-state index in [-0.39, 0.29) is 5.89 Å². The predicted molar refractivity (Wildman–Crippen MR) is 74.7 cm³/mol. The fraction of sp³-hybridized carbons (Fsp3) is 0.786. The number of hydrogen-bond acceptors (Lipinski definition) is 6. The van der Waals surface area contributed by atoms with Crippen molar-refractivity contribution in [2.45, 2.75) is 70.6 Å². The Morgan fingerprint density at radius 2 is 2.19 bits per heavy atom. The predicted octanol–water partition coefficient (Wildman–Crippen LogP) is 2.28. The third kappa shape index (κ3) is 4.42. The van der Waals surface area contributed by atoms with Crippen LogP contribution < -0.4 is 5.32 Å². The van der Waals surface area contributed by atoms with Crippen molar-refractivity contribution in [2.75, 3.05) is 0 Å². The Morgan fingerprint density at radius 3 is 2.71 bits per heavy atom. The lowest BCUT2D eigenvalue weighted by atomic mass is 10.1. The molecule has 1 aliphatic carbocycles. The molecule has 1 aliphatic rings. The fourth-order valence-corrected chi connectivity index (χ4v) is 1.91. The molecule has 2 N–H and O–H groups in total. The number of nitrogens with zero attached hydrogens (tertiary/aromatic N) is 2. The zero-order valence-electron chi connectivity index (χ0n) is 12.9. The molecule has 0 aliphatic heterocycles. The molecule has 1 saturated carbocycles. The molecule has 1 heterocycles. The molecule has 0 bridgehead atoms. The topological polar surface area (TPSA) is 97.5 Å². The standard InChI is InChI=1S/C14H23N3O4/c1-5-9(15-13(19)20-14(2,3)4)10(18)12-16-11(17-21-12)8-6-7-8/h8-10,18H,5-7H2,1-4H3,(H,15,19)/t9-,10?/m0/s1. The first-order valence-corrected chi connectivity index (χ1v) is 7.31. The lowest BCUT2D eigenvalue weighted by Crippen LogP contribution is -2.42. The summed E-state index contributed by atoms with van der Waals surface area (Å²) in [6.45, 7) is 7.20. The molecule has 2 rings (SSSR count). The van der Waals surface area contributed by atoms with E-state index in [4.69, 9.17) is 9.26 Å². The van der Waals surface area contributed by atoms with Crippen LogP contribution in [0.4, 0.5) is 4.79 Å². The highest BCUT2D eigenvalue weighted by Crippen LogP contribution is 2.38. The van der Waals surface area contributed by atoms with Gasteiger partial charge >= 0.3 is 6.09 Å². The van der Waals surface area contributed by atoms with E-state index in [0.717, 1.165) is 12.8 Å². The van der Waals surface area contributed by atoms with Gasteiger partial charge in [-0.1, -0.05) is 12.1 Å². The van der Waals surface area contributed by atoms with Crippen LogP contribution in [-0.2, 0) is 4.74 Å². The number of aromatic nitrogens is 2. The lowest BCUT2D eigenvalue weighted by Gasteiger charge is -2.24. The molecule has 1 aromatic heterocycles. The van der Waals surface area contributed by atoms with Crippen LogP contribution in [0.1, 0.15) is 70.7 Å². The van der Waals surface area contributed by atoms with Crippen molar-refractivity contribution in [3.8, 4) is 0 Å². The second-order valence-corrected chi connectivity index (χ2v) is 6.37. The number of rotatable bonds is 5. The molecule has 0 saturated heterocycles. The van der Waals surface area contributed by atoms with Gasteiger partial charge in [0.25, 0.3) is 5.89 Å². The SMILES string of the molecule is CC[C@H](NC(=O)OC(C)(C)C)C(O)c1nc(C2CC2)no1. The van der Waals surface area contributed by atoms with Gasteiger partial charge in [-0.3, -0.25) is 0 Å². The lowest BCUT2D eigenvalue weighted by molar-refractivity contribution is 0.0375. The summed E-state index contributed by atoms with van der Waals surface area (Å²) in [6, 6.07) is -0.535. The van der Waals surface area contributed by atoms with Crippen molar-refractivity contribution < 1.29 is 19.2 Å². The summed E-state index contributed by atoms with van der Waals surface area (Å²) in [4.78, 5) is 16.0. The Hall–Kier alpha value is -1.63. The summed E-state index contributed by atoms with van der Waals surface area (Å²) in [5.74, 6) is 1.13. The first-order valence-electron chi connectivity index (χ1n) is 7.31. The van der Waals surface area contributed by atoms with Crippen molar-refractivity contribution in [1.82, 2.24) is 15.5 Å². The van der Waals surface area contributed by atoms with Gasteiger partial charge in [0.05, 0.1) is 6.04 Å². The molecule has 0 radical (unpaired) electrons. The minimum absolute atomic E-state index is 0.139. The third-order valence-electron chi connectivity index (χ3n) is 3.18. The van der Waals surface area contributed by atoms with E-state index < -0.39 is 23.8 Å². The van der Waals surface area contributed by atoms with Gasteiger partial charge < -0.3 is 19.7 Å². The quantitative estimate of drug-likeness (QED) is 0.865. The maximum atomic E-state index is 11.8. The van der Waals surface area contributed by atoms with Gasteiger partial charge in [-0.15, -0.1) is 0 Å². The molecule has 118 valence electrons. The van der Waals surface area contributed by atoms with Crippen molar-refractivity contribution in [3.63, 3.8) is 0 Å². The Bertz CT molecular complexity index is 491. The van der Waals surface area contributed by atoms with Crippen molar-refractivity contribution in [3.05, 3.63) is 11.7 Å². The van der Waals surface area contributed by atoms with E-state index in [2.05, 4.69) is 15.5 Å². The van der Waals surface area contributed by atoms with E-state index >= 15 is 0 Å². The summed E-state index contributed by atoms with van der Waals surface area (Å²) in [5.41, 5.74) is -0.586. The number of alkyl carbamates (subject to hydrolysis) is 1. The summed E-state index contributed by atoms with van der Waals surface area (Å²) in [6.07, 6.45) is 1.02.